The summed E-state index contributed by atoms with van der Waals surface area (Å²) in [5, 5.41) is 8.27. The van der Waals surface area contributed by atoms with Crippen molar-refractivity contribution in [1.82, 2.24) is 5.32 Å². The maximum absolute atomic E-state index is 12.4. The molecule has 32 heavy (non-hydrogen) atoms. The van der Waals surface area contributed by atoms with Gasteiger partial charge in [0.2, 0.25) is 0 Å². The van der Waals surface area contributed by atoms with Gasteiger partial charge in [0, 0.05) is 11.4 Å². The molecule has 2 aromatic rings. The van der Waals surface area contributed by atoms with Crippen LogP contribution in [-0.2, 0) is 14.2 Å². The van der Waals surface area contributed by atoms with Crippen LogP contribution in [0.2, 0.25) is 0 Å². The van der Waals surface area contributed by atoms with Gasteiger partial charge in [-0.1, -0.05) is 0 Å². The van der Waals surface area contributed by atoms with E-state index in [-0.39, 0.29) is 25.3 Å². The van der Waals surface area contributed by atoms with Gasteiger partial charge in [-0.3, -0.25) is 5.32 Å². The van der Waals surface area contributed by atoms with Crippen LogP contribution < -0.4 is 25.4 Å². The average molecular weight is 443 g/mol. The van der Waals surface area contributed by atoms with E-state index in [0.29, 0.717) is 22.9 Å². The third-order valence-corrected chi connectivity index (χ3v) is 5.27. The topological polar surface area (TPSA) is 116 Å². The lowest BCUT2D eigenvalue weighted by Gasteiger charge is -2.18. The van der Waals surface area contributed by atoms with Crippen LogP contribution in [-0.4, -0.2) is 63.9 Å². The smallest absolute Gasteiger partial charge is 0.412 e. The fraction of sp³-hybridized carbons (Fsp3) is 0.364. The Kier molecular flexibility index (Phi) is 6.62. The van der Waals surface area contributed by atoms with Gasteiger partial charge in [-0.2, -0.15) is 0 Å². The molecular weight excluding hydrogens is 418 g/mol. The number of nitrogens with one attached hydrogen (secondary N) is 3. The number of carbonyl (C=O) groups excluding carboxylic acids is 2. The number of fused-ring (bicyclic) bond motifs is 1. The second-order valence-electron chi connectivity index (χ2n) is 7.33. The van der Waals surface area contributed by atoms with Crippen molar-refractivity contribution in [2.75, 3.05) is 38.1 Å². The van der Waals surface area contributed by atoms with Crippen LogP contribution in [0.15, 0.2) is 48.5 Å². The highest BCUT2D eigenvalue weighted by atomic mass is 16.6. The summed E-state index contributed by atoms with van der Waals surface area (Å²) >= 11 is 0. The van der Waals surface area contributed by atoms with Crippen LogP contribution in [0, 0.1) is 0 Å². The molecule has 0 unspecified atom stereocenters. The Balaban J connectivity index is 1.26. The molecule has 0 saturated carbocycles. The number of benzene rings is 2. The van der Waals surface area contributed by atoms with Crippen LogP contribution in [0.5, 0.6) is 11.5 Å². The number of carbonyl (C=O) groups is 2. The van der Waals surface area contributed by atoms with E-state index in [2.05, 4.69) is 16.0 Å². The Morgan fingerprint density at radius 3 is 1.97 bits per heavy atom. The third-order valence-electron chi connectivity index (χ3n) is 5.27. The van der Waals surface area contributed by atoms with Crippen LogP contribution in [0.3, 0.4) is 0 Å². The second kappa shape index (κ2) is 9.75. The number of hydrogen-bond donors (Lipinski definition) is 3. The Morgan fingerprint density at radius 1 is 0.812 bits per heavy atom. The van der Waals surface area contributed by atoms with Gasteiger partial charge < -0.3 is 34.3 Å². The van der Waals surface area contributed by atoms with E-state index in [4.69, 9.17) is 23.7 Å². The highest BCUT2D eigenvalue weighted by Crippen LogP contribution is 2.29. The van der Waals surface area contributed by atoms with Crippen molar-refractivity contribution in [3.63, 3.8) is 0 Å². The van der Waals surface area contributed by atoms with Crippen molar-refractivity contribution >= 4 is 23.5 Å². The predicted octanol–water partition coefficient (Wildman–Crippen LogP) is 2.61. The van der Waals surface area contributed by atoms with E-state index < -0.39 is 24.4 Å². The van der Waals surface area contributed by atoms with Gasteiger partial charge >= 0.3 is 12.1 Å². The minimum atomic E-state index is -0.610. The molecule has 10 nitrogen and oxygen atoms in total. The van der Waals surface area contributed by atoms with Crippen molar-refractivity contribution in [3.05, 3.63) is 48.5 Å². The molecule has 0 radical (unpaired) electrons. The summed E-state index contributed by atoms with van der Waals surface area (Å²) in [5.74, 6) is 1.38. The Morgan fingerprint density at radius 2 is 1.38 bits per heavy atom. The zero-order valence-corrected chi connectivity index (χ0v) is 17.7. The zero-order valence-electron chi connectivity index (χ0n) is 17.7. The highest BCUT2D eigenvalue weighted by Gasteiger charge is 2.50. The molecule has 2 aromatic carbocycles. The number of methoxy groups -OCH3 is 2. The maximum atomic E-state index is 12.4. The van der Waals surface area contributed by atoms with E-state index in [1.54, 1.807) is 62.8 Å². The molecule has 2 heterocycles. The Bertz CT molecular complexity index is 858. The van der Waals surface area contributed by atoms with Gasteiger partial charge in [0.05, 0.1) is 33.5 Å². The predicted molar refractivity (Wildman–Crippen MR) is 115 cm³/mol. The number of amides is 3. The van der Waals surface area contributed by atoms with E-state index in [0.717, 1.165) is 0 Å². The SMILES string of the molecule is COc1ccc(NC(=O)N[C@@H]2CO[C@@H]3[C@@H]2OC[C@H]3OC(=O)Nc2ccc(OC)cc2)cc1. The van der Waals surface area contributed by atoms with Crippen molar-refractivity contribution in [3.8, 4) is 11.5 Å². The molecule has 0 aromatic heterocycles. The van der Waals surface area contributed by atoms with E-state index in [1.165, 1.54) is 0 Å². The van der Waals surface area contributed by atoms with Crippen LogP contribution in [0.4, 0.5) is 21.0 Å². The van der Waals surface area contributed by atoms with E-state index >= 15 is 0 Å². The molecule has 2 saturated heterocycles. The molecule has 3 N–H and O–H groups in total. The van der Waals surface area contributed by atoms with Crippen molar-refractivity contribution in [2.45, 2.75) is 24.4 Å². The minimum absolute atomic E-state index is 0.184. The summed E-state index contributed by atoms with van der Waals surface area (Å²) in [4.78, 5) is 24.6. The molecule has 3 amide bonds. The van der Waals surface area contributed by atoms with Gasteiger partial charge in [0.25, 0.3) is 0 Å². The normalized spacial score (nSPS) is 23.7. The average Bonchev–Trinajstić information content (AvgIpc) is 3.38. The number of urea groups is 1. The number of rotatable bonds is 6. The van der Waals surface area contributed by atoms with Crippen molar-refractivity contribution in [1.29, 1.82) is 0 Å². The molecule has 0 bridgehead atoms. The summed E-state index contributed by atoms with van der Waals surface area (Å²) in [6.07, 6.45) is -2.05. The molecule has 0 aliphatic carbocycles. The largest absolute Gasteiger partial charge is 0.497 e. The fourth-order valence-electron chi connectivity index (χ4n) is 3.66. The Hall–Kier alpha value is -3.50. The first-order chi connectivity index (χ1) is 15.6. The minimum Gasteiger partial charge on any atom is -0.497 e. The van der Waals surface area contributed by atoms with Gasteiger partial charge in [0.15, 0.2) is 6.10 Å². The summed E-state index contributed by atoms with van der Waals surface area (Å²) in [7, 11) is 3.15. The molecule has 4 rings (SSSR count). The van der Waals surface area contributed by atoms with Crippen LogP contribution >= 0.6 is 0 Å². The molecular formula is C22H25N3O7. The third kappa shape index (κ3) is 5.04. The first kappa shape index (κ1) is 21.7. The van der Waals surface area contributed by atoms with Crippen molar-refractivity contribution < 1.29 is 33.3 Å². The summed E-state index contributed by atoms with van der Waals surface area (Å²) in [6.45, 7) is 0.439. The molecule has 170 valence electrons. The lowest BCUT2D eigenvalue weighted by Crippen LogP contribution is -2.46. The standard InChI is InChI=1S/C22H25N3O7/c1-28-15-7-3-13(4-8-15)23-21(26)25-17-11-30-20-18(12-31-19(17)20)32-22(27)24-14-5-9-16(29-2)10-6-14/h3-10,17-20H,11-12H2,1-2H3,(H,24,27)(H2,23,25,26)/t17-,18-,19-,20+/m1/s1. The quantitative estimate of drug-likeness (QED) is 0.628. The lowest BCUT2D eigenvalue weighted by atomic mass is 10.1. The van der Waals surface area contributed by atoms with E-state index in [9.17, 15) is 9.59 Å². The second-order valence-corrected chi connectivity index (χ2v) is 7.33. The van der Waals surface area contributed by atoms with Gasteiger partial charge in [-0.15, -0.1) is 0 Å². The fourth-order valence-corrected chi connectivity index (χ4v) is 3.66. The molecule has 10 heteroatoms. The first-order valence-corrected chi connectivity index (χ1v) is 10.1. The maximum Gasteiger partial charge on any atom is 0.412 e. The first-order valence-electron chi connectivity index (χ1n) is 10.1. The highest BCUT2D eigenvalue weighted by molar-refractivity contribution is 5.89. The van der Waals surface area contributed by atoms with E-state index in [1.807, 2.05) is 0 Å². The lowest BCUT2D eigenvalue weighted by molar-refractivity contribution is 0.00873. The molecule has 4 atom stereocenters. The zero-order chi connectivity index (χ0) is 22.5. The van der Waals surface area contributed by atoms with Gasteiger partial charge in [-0.05, 0) is 48.5 Å². The summed E-state index contributed by atoms with van der Waals surface area (Å²) in [6, 6.07) is 13.1. The van der Waals surface area contributed by atoms with Crippen LogP contribution in [0.1, 0.15) is 0 Å². The molecule has 2 aliphatic rings. The van der Waals surface area contributed by atoms with Gasteiger partial charge in [-0.25, -0.2) is 9.59 Å². The molecule has 2 aliphatic heterocycles. The van der Waals surface area contributed by atoms with Crippen molar-refractivity contribution in [2.24, 2.45) is 0 Å². The summed E-state index contributed by atoms with van der Waals surface area (Å²) in [5.41, 5.74) is 1.20. The van der Waals surface area contributed by atoms with Gasteiger partial charge in [0.1, 0.15) is 23.7 Å². The Labute approximate surface area is 185 Å². The summed E-state index contributed by atoms with van der Waals surface area (Å²) < 4.78 is 27.2. The van der Waals surface area contributed by atoms with Crippen LogP contribution in [0.25, 0.3) is 0 Å². The monoisotopic (exact) mass is 443 g/mol. The number of ether oxygens (including phenoxy) is 5. The number of hydrogen-bond acceptors (Lipinski definition) is 7. The molecule has 0 spiro atoms. The molecule has 2 fully saturated rings. The number of anilines is 2.